The Hall–Kier alpha value is -0.410. The molecule has 0 N–H and O–H groups in total. The van der Waals surface area contributed by atoms with Gasteiger partial charge in [0.1, 0.15) is 5.37 Å². The number of hydrogen-bond donors (Lipinski definition) is 0. The minimum absolute atomic E-state index is 0.108. The number of sulfone groups is 1. The Morgan fingerprint density at radius 1 is 1.69 bits per heavy atom. The van der Waals surface area contributed by atoms with Crippen molar-refractivity contribution in [2.45, 2.75) is 12.3 Å². The molecule has 0 radical (unpaired) electrons. The van der Waals surface area contributed by atoms with Gasteiger partial charge in [0.2, 0.25) is 0 Å². The van der Waals surface area contributed by atoms with Crippen LogP contribution in [-0.2, 0) is 9.84 Å². The van der Waals surface area contributed by atoms with E-state index < -0.39 is 15.2 Å². The lowest BCUT2D eigenvalue weighted by Crippen LogP contribution is -2.44. The Kier molecular flexibility index (Phi) is 3.45. The van der Waals surface area contributed by atoms with E-state index in [0.29, 0.717) is 12.3 Å². The van der Waals surface area contributed by atoms with E-state index in [0.717, 1.165) is 5.75 Å². The van der Waals surface area contributed by atoms with Gasteiger partial charge in [-0.05, 0) is 0 Å². The zero-order valence-corrected chi connectivity index (χ0v) is 9.07. The normalized spacial score (nSPS) is 24.0. The summed E-state index contributed by atoms with van der Waals surface area (Å²) in [6, 6.07) is 0. The van der Waals surface area contributed by atoms with Crippen molar-refractivity contribution in [3.8, 4) is 6.19 Å². The van der Waals surface area contributed by atoms with Gasteiger partial charge in [-0.25, -0.2) is 8.42 Å². The van der Waals surface area contributed by atoms with Gasteiger partial charge in [0, 0.05) is 23.8 Å². The summed E-state index contributed by atoms with van der Waals surface area (Å²) in [5.74, 6) is 1.46. The van der Waals surface area contributed by atoms with Crippen molar-refractivity contribution in [1.29, 1.82) is 5.26 Å². The van der Waals surface area contributed by atoms with Gasteiger partial charge >= 0.3 is 0 Å². The zero-order valence-electron chi connectivity index (χ0n) is 7.43. The van der Waals surface area contributed by atoms with Crippen LogP contribution in [0, 0.1) is 11.5 Å². The lowest BCUT2D eigenvalue weighted by Gasteiger charge is -2.29. The highest BCUT2D eigenvalue weighted by atomic mass is 32.2. The summed E-state index contributed by atoms with van der Waals surface area (Å²) in [6.07, 6.45) is 1.94. The van der Waals surface area contributed by atoms with E-state index >= 15 is 0 Å². The van der Waals surface area contributed by atoms with Crippen molar-refractivity contribution < 1.29 is 8.42 Å². The van der Waals surface area contributed by atoms with E-state index in [9.17, 15) is 8.42 Å². The van der Waals surface area contributed by atoms with Gasteiger partial charge in [0.15, 0.2) is 16.0 Å². The lowest BCUT2D eigenvalue weighted by atomic mass is 10.5. The van der Waals surface area contributed by atoms with Crippen LogP contribution in [0.4, 0.5) is 0 Å². The molecule has 0 aliphatic carbocycles. The van der Waals surface area contributed by atoms with Gasteiger partial charge in [0.05, 0.1) is 0 Å². The van der Waals surface area contributed by atoms with Crippen molar-refractivity contribution in [3.63, 3.8) is 0 Å². The van der Waals surface area contributed by atoms with Crippen LogP contribution in [0.2, 0.25) is 0 Å². The molecule has 1 aliphatic heterocycles. The predicted molar refractivity (Wildman–Crippen MR) is 52.9 cm³/mol. The summed E-state index contributed by atoms with van der Waals surface area (Å²) in [4.78, 5) is 1.37. The largest absolute Gasteiger partial charge is 0.291 e. The standard InChI is InChI=1S/C7H12N2O2S2/c1-2-13(10,11)7-5-12-4-3-9(7)6-8/h7H,2-5H2,1H3. The average molecular weight is 220 g/mol. The quantitative estimate of drug-likeness (QED) is 0.625. The Morgan fingerprint density at radius 3 is 2.92 bits per heavy atom. The minimum atomic E-state index is -3.10. The Morgan fingerprint density at radius 2 is 2.38 bits per heavy atom. The molecule has 0 spiro atoms. The van der Waals surface area contributed by atoms with Crippen molar-refractivity contribution in [2.75, 3.05) is 23.8 Å². The Bertz CT molecular complexity index is 307. The number of hydrogen-bond acceptors (Lipinski definition) is 5. The van der Waals surface area contributed by atoms with Gasteiger partial charge < -0.3 is 0 Å². The third-order valence-corrected chi connectivity index (χ3v) is 5.32. The molecule has 74 valence electrons. The predicted octanol–water partition coefficient (Wildman–Crippen LogP) is 0.277. The maximum absolute atomic E-state index is 11.5. The van der Waals surface area contributed by atoms with Crippen LogP contribution in [0.25, 0.3) is 0 Å². The van der Waals surface area contributed by atoms with Crippen LogP contribution in [0.5, 0.6) is 0 Å². The SMILES string of the molecule is CCS(=O)(=O)C1CSCCN1C#N. The average Bonchev–Trinajstić information content (AvgIpc) is 2.18. The Labute approximate surface area is 82.8 Å². The molecule has 1 fully saturated rings. The molecule has 1 rings (SSSR count). The number of rotatable bonds is 2. The van der Waals surface area contributed by atoms with Gasteiger partial charge in [-0.2, -0.15) is 17.0 Å². The first-order valence-electron chi connectivity index (χ1n) is 4.07. The van der Waals surface area contributed by atoms with Gasteiger partial charge in [-0.15, -0.1) is 0 Å². The Balaban J connectivity index is 2.83. The number of thioether (sulfide) groups is 1. The van der Waals surface area contributed by atoms with Gasteiger partial charge in [-0.1, -0.05) is 6.92 Å². The smallest absolute Gasteiger partial charge is 0.180 e. The van der Waals surface area contributed by atoms with Crippen LogP contribution in [0.3, 0.4) is 0 Å². The molecule has 0 aromatic rings. The van der Waals surface area contributed by atoms with E-state index in [1.807, 2.05) is 6.19 Å². The molecule has 1 heterocycles. The summed E-state index contributed by atoms with van der Waals surface area (Å²) >= 11 is 1.59. The molecular weight excluding hydrogens is 208 g/mol. The van der Waals surface area contributed by atoms with Crippen molar-refractivity contribution in [1.82, 2.24) is 4.90 Å². The highest BCUT2D eigenvalue weighted by Crippen LogP contribution is 2.20. The maximum Gasteiger partial charge on any atom is 0.180 e. The highest BCUT2D eigenvalue weighted by molar-refractivity contribution is 8.01. The van der Waals surface area contributed by atoms with Crippen LogP contribution >= 0.6 is 11.8 Å². The fraction of sp³-hybridized carbons (Fsp3) is 0.857. The molecule has 13 heavy (non-hydrogen) atoms. The first-order valence-corrected chi connectivity index (χ1v) is 6.94. The van der Waals surface area contributed by atoms with Crippen LogP contribution < -0.4 is 0 Å². The third kappa shape index (κ3) is 2.29. The molecule has 0 saturated carbocycles. The van der Waals surface area contributed by atoms with Crippen LogP contribution in [0.15, 0.2) is 0 Å². The van der Waals surface area contributed by atoms with Crippen LogP contribution in [0.1, 0.15) is 6.92 Å². The van der Waals surface area contributed by atoms with E-state index in [4.69, 9.17) is 5.26 Å². The first kappa shape index (κ1) is 10.7. The summed E-state index contributed by atoms with van der Waals surface area (Å²) in [7, 11) is -3.10. The minimum Gasteiger partial charge on any atom is -0.291 e. The molecule has 0 amide bonds. The molecule has 0 aromatic carbocycles. The summed E-state index contributed by atoms with van der Waals surface area (Å²) < 4.78 is 23.0. The van der Waals surface area contributed by atoms with E-state index in [1.165, 1.54) is 4.90 Å². The molecule has 0 bridgehead atoms. The second-order valence-corrected chi connectivity index (χ2v) is 6.37. The van der Waals surface area contributed by atoms with Crippen molar-refractivity contribution in [2.24, 2.45) is 0 Å². The third-order valence-electron chi connectivity index (χ3n) is 2.03. The summed E-state index contributed by atoms with van der Waals surface area (Å²) in [6.45, 7) is 2.16. The summed E-state index contributed by atoms with van der Waals surface area (Å²) in [5.41, 5.74) is 0. The monoisotopic (exact) mass is 220 g/mol. The molecule has 1 saturated heterocycles. The second kappa shape index (κ2) is 4.20. The maximum atomic E-state index is 11.5. The molecule has 6 heteroatoms. The molecule has 1 atom stereocenters. The highest BCUT2D eigenvalue weighted by Gasteiger charge is 2.32. The van der Waals surface area contributed by atoms with Gasteiger partial charge in [-0.3, -0.25) is 4.90 Å². The van der Waals surface area contributed by atoms with E-state index in [2.05, 4.69) is 0 Å². The molecule has 1 aliphatic rings. The fourth-order valence-corrected chi connectivity index (χ4v) is 4.10. The number of nitriles is 1. The molecule has 0 aromatic heterocycles. The van der Waals surface area contributed by atoms with Crippen molar-refractivity contribution in [3.05, 3.63) is 0 Å². The van der Waals surface area contributed by atoms with Crippen molar-refractivity contribution >= 4 is 21.6 Å². The fourth-order valence-electron chi connectivity index (χ4n) is 1.19. The molecule has 4 nitrogen and oxygen atoms in total. The van der Waals surface area contributed by atoms with Gasteiger partial charge in [0.25, 0.3) is 0 Å². The lowest BCUT2D eigenvalue weighted by molar-refractivity contribution is 0.385. The van der Waals surface area contributed by atoms with E-state index in [-0.39, 0.29) is 5.75 Å². The van der Waals surface area contributed by atoms with E-state index in [1.54, 1.807) is 18.7 Å². The zero-order chi connectivity index (χ0) is 9.90. The molecule has 1 unspecified atom stereocenters. The van der Waals surface area contributed by atoms with Crippen LogP contribution in [-0.4, -0.2) is 42.5 Å². The number of nitrogens with zero attached hydrogens (tertiary/aromatic N) is 2. The second-order valence-electron chi connectivity index (χ2n) is 2.77. The first-order chi connectivity index (χ1) is 6.11. The topological polar surface area (TPSA) is 61.2 Å². The molecular formula is C7H12N2O2S2. The summed E-state index contributed by atoms with van der Waals surface area (Å²) in [5, 5.41) is 8.13.